The van der Waals surface area contributed by atoms with Gasteiger partial charge < -0.3 is 14.9 Å². The van der Waals surface area contributed by atoms with Crippen LogP contribution in [0.2, 0.25) is 0 Å². The van der Waals surface area contributed by atoms with Gasteiger partial charge in [0.25, 0.3) is 0 Å². The fourth-order valence-electron chi connectivity index (χ4n) is 1.47. The standard InChI is InChI=1S/C10H12NO5PS/c12-10(13)9(17(14,15)16)6-8-2-1-3-11(7-8)4-5-18/h1-3,5,7,9H,4,6H2,(H2-,12,13,14,15,16)/p+1. The molecule has 0 saturated heterocycles. The van der Waals surface area contributed by atoms with E-state index in [2.05, 4.69) is 0 Å². The lowest BCUT2D eigenvalue weighted by molar-refractivity contribution is -0.681. The van der Waals surface area contributed by atoms with Gasteiger partial charge in [-0.15, -0.1) is 0 Å². The predicted molar refractivity (Wildman–Crippen MR) is 67.5 cm³/mol. The molecule has 1 rings (SSSR count). The van der Waals surface area contributed by atoms with Crippen molar-refractivity contribution in [3.05, 3.63) is 30.1 Å². The minimum Gasteiger partial charge on any atom is -0.481 e. The van der Waals surface area contributed by atoms with Crippen molar-refractivity contribution in [3.63, 3.8) is 0 Å². The molecular weight excluding hydrogens is 277 g/mol. The maximum absolute atomic E-state index is 11.1. The number of pyridine rings is 1. The van der Waals surface area contributed by atoms with Crippen LogP contribution in [-0.4, -0.2) is 31.9 Å². The molecule has 0 aliphatic rings. The molecule has 18 heavy (non-hydrogen) atoms. The van der Waals surface area contributed by atoms with E-state index in [9.17, 15) is 9.36 Å². The molecule has 1 atom stereocenters. The molecule has 1 aromatic rings. The SMILES string of the molecule is O=C(O)C(Cc1ccc[n+](CC=S)c1)P(=O)(O)O. The molecule has 1 aromatic heterocycles. The van der Waals surface area contributed by atoms with Crippen molar-refractivity contribution in [2.24, 2.45) is 0 Å². The van der Waals surface area contributed by atoms with Crippen LogP contribution in [0.5, 0.6) is 0 Å². The van der Waals surface area contributed by atoms with Gasteiger partial charge in [-0.1, -0.05) is 12.2 Å². The molecule has 0 radical (unpaired) electrons. The van der Waals surface area contributed by atoms with Gasteiger partial charge in [0.1, 0.15) is 0 Å². The topological polar surface area (TPSA) is 98.7 Å². The van der Waals surface area contributed by atoms with Gasteiger partial charge in [0.2, 0.25) is 0 Å². The number of nitrogens with zero attached hydrogens (tertiary/aromatic N) is 1. The van der Waals surface area contributed by atoms with Crippen molar-refractivity contribution in [3.8, 4) is 0 Å². The molecule has 1 unspecified atom stereocenters. The predicted octanol–water partition coefficient (Wildman–Crippen LogP) is 0.147. The summed E-state index contributed by atoms with van der Waals surface area (Å²) < 4.78 is 12.8. The normalized spacial score (nSPS) is 13.0. The highest BCUT2D eigenvalue weighted by Gasteiger charge is 2.36. The summed E-state index contributed by atoms with van der Waals surface area (Å²) >= 11 is 4.70. The van der Waals surface area contributed by atoms with E-state index in [0.29, 0.717) is 12.1 Å². The molecule has 0 fully saturated rings. The molecule has 0 saturated carbocycles. The van der Waals surface area contributed by atoms with Crippen molar-refractivity contribution in [1.82, 2.24) is 0 Å². The third kappa shape index (κ3) is 4.27. The monoisotopic (exact) mass is 290 g/mol. The van der Waals surface area contributed by atoms with E-state index in [1.54, 1.807) is 29.1 Å². The summed E-state index contributed by atoms with van der Waals surface area (Å²) in [5.41, 5.74) is -1.19. The summed E-state index contributed by atoms with van der Waals surface area (Å²) in [6.45, 7) is 0.469. The number of hydrogen-bond acceptors (Lipinski definition) is 3. The van der Waals surface area contributed by atoms with Crippen LogP contribution in [0, 0.1) is 0 Å². The summed E-state index contributed by atoms with van der Waals surface area (Å²) in [4.78, 5) is 28.8. The van der Waals surface area contributed by atoms with Gasteiger partial charge in [0.15, 0.2) is 24.6 Å². The Hall–Kier alpha value is -1.14. The molecule has 6 nitrogen and oxygen atoms in total. The molecule has 0 aliphatic carbocycles. The second-order valence-electron chi connectivity index (χ2n) is 3.72. The zero-order chi connectivity index (χ0) is 13.8. The van der Waals surface area contributed by atoms with E-state index in [0.717, 1.165) is 0 Å². The van der Waals surface area contributed by atoms with E-state index in [4.69, 9.17) is 27.1 Å². The van der Waals surface area contributed by atoms with Crippen molar-refractivity contribution < 1.29 is 28.8 Å². The second-order valence-corrected chi connectivity index (χ2v) is 5.86. The van der Waals surface area contributed by atoms with Crippen molar-refractivity contribution in [2.75, 3.05) is 0 Å². The van der Waals surface area contributed by atoms with Gasteiger partial charge in [-0.25, -0.2) is 4.57 Å². The lowest BCUT2D eigenvalue weighted by Crippen LogP contribution is -2.34. The van der Waals surface area contributed by atoms with Gasteiger partial charge >= 0.3 is 13.6 Å². The highest BCUT2D eigenvalue weighted by Crippen LogP contribution is 2.42. The van der Waals surface area contributed by atoms with E-state index >= 15 is 0 Å². The summed E-state index contributed by atoms with van der Waals surface area (Å²) in [6.07, 6.45) is 3.13. The number of aromatic nitrogens is 1. The number of carboxylic acid groups (broad SMARTS) is 1. The van der Waals surface area contributed by atoms with Gasteiger partial charge in [0.05, 0.1) is 0 Å². The Morgan fingerprint density at radius 3 is 2.72 bits per heavy atom. The Morgan fingerprint density at radius 1 is 1.56 bits per heavy atom. The first-order valence-electron chi connectivity index (χ1n) is 5.04. The first-order chi connectivity index (χ1) is 8.34. The molecule has 0 aliphatic heterocycles. The van der Waals surface area contributed by atoms with E-state index < -0.39 is 19.2 Å². The molecule has 1 heterocycles. The van der Waals surface area contributed by atoms with Crippen LogP contribution in [0.25, 0.3) is 0 Å². The fourth-order valence-corrected chi connectivity index (χ4v) is 2.38. The van der Waals surface area contributed by atoms with Crippen LogP contribution < -0.4 is 4.57 Å². The fraction of sp³-hybridized carbons (Fsp3) is 0.300. The number of rotatable bonds is 6. The van der Waals surface area contributed by atoms with E-state index in [-0.39, 0.29) is 6.42 Å². The van der Waals surface area contributed by atoms with Gasteiger partial charge in [-0.3, -0.25) is 9.36 Å². The maximum atomic E-state index is 11.1. The summed E-state index contributed by atoms with van der Waals surface area (Å²) in [7, 11) is -4.67. The first-order valence-corrected chi connectivity index (χ1v) is 7.19. The van der Waals surface area contributed by atoms with Crippen LogP contribution in [0.3, 0.4) is 0 Å². The summed E-state index contributed by atoms with van der Waals surface area (Å²) in [5.74, 6) is -1.51. The average Bonchev–Trinajstić information content (AvgIpc) is 2.25. The van der Waals surface area contributed by atoms with Crippen LogP contribution >= 0.6 is 19.8 Å². The van der Waals surface area contributed by atoms with Crippen molar-refractivity contribution in [2.45, 2.75) is 18.6 Å². The smallest absolute Gasteiger partial charge is 0.340 e. The Labute approximate surface area is 109 Å². The van der Waals surface area contributed by atoms with Crippen LogP contribution in [-0.2, 0) is 22.3 Å². The molecule has 0 spiro atoms. The quantitative estimate of drug-likeness (QED) is 0.392. The number of carbonyl (C=O) groups is 1. The van der Waals surface area contributed by atoms with Gasteiger partial charge in [-0.05, 0) is 6.07 Å². The molecule has 3 N–H and O–H groups in total. The first kappa shape index (κ1) is 14.9. The third-order valence-corrected chi connectivity index (χ3v) is 3.69. The molecule has 0 amide bonds. The largest absolute Gasteiger partial charge is 0.481 e. The Balaban J connectivity index is 2.94. The van der Waals surface area contributed by atoms with Gasteiger partial charge in [0, 0.05) is 23.4 Å². The average molecular weight is 290 g/mol. The molecule has 8 heteroatoms. The number of carboxylic acids is 1. The highest BCUT2D eigenvalue weighted by molar-refractivity contribution is 7.78. The Bertz CT molecular complexity index is 501. The maximum Gasteiger partial charge on any atom is 0.340 e. The minimum absolute atomic E-state index is 0.224. The third-order valence-electron chi connectivity index (χ3n) is 2.32. The number of aliphatic carboxylic acids is 1. The van der Waals surface area contributed by atoms with Crippen LogP contribution in [0.4, 0.5) is 0 Å². The van der Waals surface area contributed by atoms with Crippen LogP contribution in [0.15, 0.2) is 24.5 Å². The Morgan fingerprint density at radius 2 is 2.22 bits per heavy atom. The van der Waals surface area contributed by atoms with E-state index in [1.165, 1.54) is 5.37 Å². The lowest BCUT2D eigenvalue weighted by atomic mass is 10.1. The highest BCUT2D eigenvalue weighted by atomic mass is 32.1. The number of thiocarbonyl (C=S) groups is 1. The van der Waals surface area contributed by atoms with Gasteiger partial charge in [-0.2, -0.15) is 0 Å². The summed E-state index contributed by atoms with van der Waals surface area (Å²) in [6, 6.07) is 3.29. The number of hydrogen-bond donors (Lipinski definition) is 3. The van der Waals surface area contributed by atoms with Crippen LogP contribution in [0.1, 0.15) is 5.56 Å². The zero-order valence-electron chi connectivity index (χ0n) is 9.34. The zero-order valence-corrected chi connectivity index (χ0v) is 11.1. The molecule has 98 valence electrons. The van der Waals surface area contributed by atoms with E-state index in [1.807, 2.05) is 0 Å². The van der Waals surface area contributed by atoms with Crippen molar-refractivity contribution >= 4 is 31.2 Å². The molecule has 0 aromatic carbocycles. The Kier molecular flexibility index (Phi) is 5.10. The minimum atomic E-state index is -4.67. The lowest BCUT2D eigenvalue weighted by Gasteiger charge is -2.13. The summed E-state index contributed by atoms with van der Waals surface area (Å²) in [5, 5.41) is 10.3. The second kappa shape index (κ2) is 6.15. The van der Waals surface area contributed by atoms with Crippen molar-refractivity contribution in [1.29, 1.82) is 0 Å². The molecule has 0 bridgehead atoms. The molecular formula is C10H13NO5PS+.